The number of likely N-dealkylation sites (tertiary alicyclic amines) is 1. The Morgan fingerprint density at radius 1 is 1.19 bits per heavy atom. The van der Waals surface area contributed by atoms with Crippen LogP contribution in [0.3, 0.4) is 0 Å². The zero-order valence-electron chi connectivity index (χ0n) is 14.7. The van der Waals surface area contributed by atoms with Crippen LogP contribution in [-0.2, 0) is 9.59 Å². The predicted molar refractivity (Wildman–Crippen MR) is 101 cm³/mol. The normalized spacial score (nSPS) is 15.4. The van der Waals surface area contributed by atoms with Gasteiger partial charge in [-0.25, -0.2) is 0 Å². The number of hydrogen-bond donors (Lipinski definition) is 3. The maximum atomic E-state index is 12.6. The fourth-order valence-corrected chi connectivity index (χ4v) is 3.23. The van der Waals surface area contributed by atoms with Crippen molar-refractivity contribution in [3.05, 3.63) is 48.2 Å². The lowest BCUT2D eigenvalue weighted by Gasteiger charge is -2.29. The average Bonchev–Trinajstić information content (AvgIpc) is 2.67. The smallest absolute Gasteiger partial charge is 0.267 e. The second kappa shape index (κ2) is 7.79. The summed E-state index contributed by atoms with van der Waals surface area (Å²) in [5, 5.41) is 23.4. The molecule has 1 fully saturated rings. The molecule has 0 aliphatic carbocycles. The van der Waals surface area contributed by atoms with Gasteiger partial charge in [0.15, 0.2) is 0 Å². The van der Waals surface area contributed by atoms with Crippen LogP contribution < -0.4 is 11.1 Å². The topological polar surface area (TPSA) is 119 Å². The molecule has 2 aromatic carbocycles. The van der Waals surface area contributed by atoms with Crippen LogP contribution in [0.1, 0.15) is 12.8 Å². The van der Waals surface area contributed by atoms with Crippen molar-refractivity contribution in [3.63, 3.8) is 0 Å². The Bertz CT molecular complexity index is 953. The van der Waals surface area contributed by atoms with E-state index in [1.54, 1.807) is 36.4 Å². The Morgan fingerprint density at radius 3 is 2.52 bits per heavy atom. The van der Waals surface area contributed by atoms with Gasteiger partial charge in [-0.3, -0.25) is 9.59 Å². The summed E-state index contributed by atoms with van der Waals surface area (Å²) in [7, 11) is 0. The lowest BCUT2D eigenvalue weighted by Crippen LogP contribution is -2.36. The van der Waals surface area contributed by atoms with E-state index < -0.39 is 5.91 Å². The molecule has 1 saturated heterocycles. The third-order valence-electron chi connectivity index (χ3n) is 4.76. The summed E-state index contributed by atoms with van der Waals surface area (Å²) >= 11 is 0. The molecule has 4 N–H and O–H groups in total. The zero-order valence-corrected chi connectivity index (χ0v) is 14.7. The van der Waals surface area contributed by atoms with Gasteiger partial charge in [-0.2, -0.15) is 5.26 Å². The largest absolute Gasteiger partial charge is 0.507 e. The summed E-state index contributed by atoms with van der Waals surface area (Å²) in [6.07, 6.45) is 2.73. The van der Waals surface area contributed by atoms with Gasteiger partial charge in [-0.05, 0) is 25.0 Å². The highest BCUT2D eigenvalue weighted by Gasteiger charge is 2.22. The van der Waals surface area contributed by atoms with Crippen LogP contribution in [0, 0.1) is 17.2 Å². The number of aromatic hydroxyl groups is 1. The lowest BCUT2D eigenvalue weighted by atomic mass is 9.96. The molecular weight excluding hydrogens is 344 g/mol. The standard InChI is InChI=1S/C20H20N4O3/c21-11-14(12-24-9-7-13(8-10-24)19(22)26)20(27)23-17-5-1-4-16-15(17)3-2-6-18(16)25/h1-6,12-13,25H,7-10H2,(H2,22,26)(H,23,27)/b14-12-. The van der Waals surface area contributed by atoms with Gasteiger partial charge in [0.05, 0.1) is 0 Å². The second-order valence-electron chi connectivity index (χ2n) is 6.50. The molecule has 1 heterocycles. The highest BCUT2D eigenvalue weighted by Crippen LogP contribution is 2.30. The van der Waals surface area contributed by atoms with Crippen LogP contribution in [0.2, 0.25) is 0 Å². The van der Waals surface area contributed by atoms with Gasteiger partial charge in [0, 0.05) is 41.7 Å². The Kier molecular flexibility index (Phi) is 5.27. The van der Waals surface area contributed by atoms with E-state index in [4.69, 9.17) is 5.73 Å². The van der Waals surface area contributed by atoms with Crippen LogP contribution in [-0.4, -0.2) is 34.9 Å². The Morgan fingerprint density at radius 2 is 1.85 bits per heavy atom. The fourth-order valence-electron chi connectivity index (χ4n) is 3.23. The number of carbonyl (C=O) groups is 2. The van der Waals surface area contributed by atoms with Crippen LogP contribution in [0.25, 0.3) is 10.8 Å². The van der Waals surface area contributed by atoms with Gasteiger partial charge in [-0.15, -0.1) is 0 Å². The van der Waals surface area contributed by atoms with Crippen molar-refractivity contribution in [2.45, 2.75) is 12.8 Å². The molecule has 2 amide bonds. The highest BCUT2D eigenvalue weighted by atomic mass is 16.3. The van der Waals surface area contributed by atoms with E-state index in [2.05, 4.69) is 5.32 Å². The number of benzene rings is 2. The van der Waals surface area contributed by atoms with Crippen LogP contribution in [0.4, 0.5) is 5.69 Å². The van der Waals surface area contributed by atoms with E-state index in [0.717, 1.165) is 0 Å². The third-order valence-corrected chi connectivity index (χ3v) is 4.76. The maximum absolute atomic E-state index is 12.6. The molecule has 0 aromatic heterocycles. The number of nitrogens with one attached hydrogen (secondary N) is 1. The molecule has 2 aromatic rings. The number of fused-ring (bicyclic) bond motifs is 1. The molecule has 1 aliphatic rings. The fraction of sp³-hybridized carbons (Fsp3) is 0.250. The minimum absolute atomic E-state index is 0.0234. The summed E-state index contributed by atoms with van der Waals surface area (Å²) in [4.78, 5) is 25.6. The van der Waals surface area contributed by atoms with Crippen LogP contribution in [0.5, 0.6) is 5.75 Å². The van der Waals surface area contributed by atoms with Gasteiger partial charge < -0.3 is 21.1 Å². The molecule has 0 saturated carbocycles. The first-order valence-electron chi connectivity index (χ1n) is 8.67. The molecule has 0 atom stereocenters. The predicted octanol–water partition coefficient (Wildman–Crippen LogP) is 2.09. The number of carbonyl (C=O) groups excluding carboxylic acids is 2. The molecule has 1 aliphatic heterocycles. The van der Waals surface area contributed by atoms with Gasteiger partial charge in [-0.1, -0.05) is 24.3 Å². The molecule has 0 radical (unpaired) electrons. The number of nitrogens with zero attached hydrogens (tertiary/aromatic N) is 2. The lowest BCUT2D eigenvalue weighted by molar-refractivity contribution is -0.123. The minimum Gasteiger partial charge on any atom is -0.507 e. The average molecular weight is 364 g/mol. The SMILES string of the molecule is N#C/C(=C/N1CCC(C(N)=O)CC1)C(=O)Nc1cccc2c(O)cccc12. The van der Waals surface area contributed by atoms with E-state index in [0.29, 0.717) is 42.4 Å². The van der Waals surface area contributed by atoms with Gasteiger partial charge in [0.2, 0.25) is 5.91 Å². The van der Waals surface area contributed by atoms with Crippen molar-refractivity contribution in [1.29, 1.82) is 5.26 Å². The van der Waals surface area contributed by atoms with Crippen molar-refractivity contribution in [3.8, 4) is 11.8 Å². The summed E-state index contributed by atoms with van der Waals surface area (Å²) < 4.78 is 0. The summed E-state index contributed by atoms with van der Waals surface area (Å²) in [6, 6.07) is 12.2. The number of piperidine rings is 1. The molecule has 7 heteroatoms. The van der Waals surface area contributed by atoms with Crippen molar-refractivity contribution in [2.24, 2.45) is 11.7 Å². The van der Waals surface area contributed by atoms with Gasteiger partial charge in [0.1, 0.15) is 17.4 Å². The third kappa shape index (κ3) is 4.01. The van der Waals surface area contributed by atoms with Crippen LogP contribution in [0.15, 0.2) is 48.2 Å². The zero-order chi connectivity index (χ0) is 19.4. The van der Waals surface area contributed by atoms with E-state index in [9.17, 15) is 20.0 Å². The number of rotatable bonds is 4. The number of nitrogens with two attached hydrogens (primary N) is 1. The number of anilines is 1. The molecule has 0 spiro atoms. The number of hydrogen-bond acceptors (Lipinski definition) is 5. The minimum atomic E-state index is -0.523. The molecule has 27 heavy (non-hydrogen) atoms. The first-order valence-corrected chi connectivity index (χ1v) is 8.67. The second-order valence-corrected chi connectivity index (χ2v) is 6.50. The van der Waals surface area contributed by atoms with Crippen LogP contribution >= 0.6 is 0 Å². The summed E-state index contributed by atoms with van der Waals surface area (Å²) in [5.41, 5.74) is 5.82. The first-order chi connectivity index (χ1) is 13.0. The quantitative estimate of drug-likeness (QED) is 0.567. The van der Waals surface area contributed by atoms with Crippen molar-refractivity contribution in [1.82, 2.24) is 4.90 Å². The maximum Gasteiger partial charge on any atom is 0.267 e. The number of phenolic OH excluding ortho intramolecular Hbond substituents is 1. The van der Waals surface area contributed by atoms with E-state index >= 15 is 0 Å². The molecule has 3 rings (SSSR count). The Hall–Kier alpha value is -3.53. The van der Waals surface area contributed by atoms with E-state index in [1.807, 2.05) is 11.0 Å². The monoisotopic (exact) mass is 364 g/mol. The van der Waals surface area contributed by atoms with E-state index in [1.165, 1.54) is 6.20 Å². The molecule has 138 valence electrons. The number of primary amides is 1. The van der Waals surface area contributed by atoms with Gasteiger partial charge in [0.25, 0.3) is 5.91 Å². The molecule has 0 unspecified atom stereocenters. The van der Waals surface area contributed by atoms with Crippen molar-refractivity contribution < 1.29 is 14.7 Å². The molecular formula is C20H20N4O3. The number of amides is 2. The first kappa shape index (κ1) is 18.3. The van der Waals surface area contributed by atoms with Crippen molar-refractivity contribution in [2.75, 3.05) is 18.4 Å². The molecule has 0 bridgehead atoms. The Balaban J connectivity index is 1.76. The van der Waals surface area contributed by atoms with Crippen molar-refractivity contribution >= 4 is 28.3 Å². The highest BCUT2D eigenvalue weighted by molar-refractivity contribution is 6.11. The summed E-state index contributed by atoms with van der Waals surface area (Å²) in [5.74, 6) is -0.865. The molecule has 7 nitrogen and oxygen atoms in total. The number of phenols is 1. The Labute approximate surface area is 156 Å². The summed E-state index contributed by atoms with van der Waals surface area (Å²) in [6.45, 7) is 1.13. The van der Waals surface area contributed by atoms with E-state index in [-0.39, 0.29) is 23.1 Å². The van der Waals surface area contributed by atoms with Gasteiger partial charge >= 0.3 is 0 Å². The number of nitriles is 1.